The highest BCUT2D eigenvalue weighted by Crippen LogP contribution is 2.38. The number of amides is 2. The van der Waals surface area contributed by atoms with Crippen LogP contribution in [0.25, 0.3) is 21.5 Å². The summed E-state index contributed by atoms with van der Waals surface area (Å²) in [4.78, 5) is 53.7. The Bertz CT molecular complexity index is 2050. The molecule has 2 amide bonds. The van der Waals surface area contributed by atoms with Gasteiger partial charge < -0.3 is 19.5 Å². The van der Waals surface area contributed by atoms with E-state index in [1.807, 2.05) is 50.4 Å². The van der Waals surface area contributed by atoms with Gasteiger partial charge in [-0.3, -0.25) is 23.9 Å². The van der Waals surface area contributed by atoms with Crippen LogP contribution in [-0.4, -0.2) is 77.6 Å². The number of pyridine rings is 1. The van der Waals surface area contributed by atoms with Gasteiger partial charge in [-0.05, 0) is 61.6 Å². The third-order valence-corrected chi connectivity index (χ3v) is 11.0. The van der Waals surface area contributed by atoms with Gasteiger partial charge in [-0.25, -0.2) is 9.37 Å². The molecule has 0 aliphatic carbocycles. The second-order valence-corrected chi connectivity index (χ2v) is 14.1. The zero-order valence-corrected chi connectivity index (χ0v) is 27.7. The van der Waals surface area contributed by atoms with E-state index in [9.17, 15) is 19.5 Å². The van der Waals surface area contributed by atoms with Gasteiger partial charge in [0, 0.05) is 68.0 Å². The van der Waals surface area contributed by atoms with Crippen molar-refractivity contribution in [2.45, 2.75) is 44.2 Å². The van der Waals surface area contributed by atoms with E-state index in [1.165, 1.54) is 17.0 Å². The van der Waals surface area contributed by atoms with Crippen molar-refractivity contribution in [1.29, 1.82) is 0 Å². The maximum Gasteiger partial charge on any atom is 0.266 e. The Balaban J connectivity index is 1.05. The quantitative estimate of drug-likeness (QED) is 0.283. The van der Waals surface area contributed by atoms with Gasteiger partial charge in [-0.2, -0.15) is 0 Å². The summed E-state index contributed by atoms with van der Waals surface area (Å²) in [5.41, 5.74) is 1.80. The molecule has 2 fully saturated rings. The maximum absolute atomic E-state index is 15.2. The first-order chi connectivity index (χ1) is 23.1. The van der Waals surface area contributed by atoms with Crippen molar-refractivity contribution >= 4 is 34.2 Å². The van der Waals surface area contributed by atoms with Crippen LogP contribution in [0.3, 0.4) is 0 Å². The number of aromatic nitrogens is 4. The number of aliphatic hydroxyl groups is 1. The second kappa shape index (κ2) is 12.7. The minimum Gasteiger partial charge on any atom is -0.388 e. The highest BCUT2D eigenvalue weighted by molar-refractivity contribution is 7.17. The number of benzene rings is 1. The predicted octanol–water partition coefficient (Wildman–Crippen LogP) is 4.61. The summed E-state index contributed by atoms with van der Waals surface area (Å²) in [6.07, 6.45) is 6.01. The predicted molar refractivity (Wildman–Crippen MR) is 181 cm³/mol. The van der Waals surface area contributed by atoms with Crippen molar-refractivity contribution in [3.8, 4) is 10.4 Å². The number of aryl methyl sites for hydroxylation is 2. The lowest BCUT2D eigenvalue weighted by molar-refractivity contribution is -0.142. The van der Waals surface area contributed by atoms with E-state index in [4.69, 9.17) is 0 Å². The molecule has 12 heteroatoms. The lowest BCUT2D eigenvalue weighted by Crippen LogP contribution is -2.53. The standard InChI is InChI=1S/C36H37FN6O4S/c1-23-18-25(8-13-38-23)30-19-29(37)31(48-30)35(46)42-15-10-26(28(20-42)24-6-4-3-5-7-24)33(44)41-16-11-36(47,12-17-41)21-43-22-39-32-27(34(43)45)9-14-40(32)2/h3-9,13-14,18-19,22,26,28,47H,10-12,15-17,20-21H2,1-2H3/t26-,28+/m1/s1. The first kappa shape index (κ1) is 31.9. The van der Waals surface area contributed by atoms with E-state index in [0.717, 1.165) is 28.2 Å². The number of halogens is 1. The Morgan fingerprint density at radius 1 is 1.04 bits per heavy atom. The molecule has 2 aliphatic heterocycles. The minimum absolute atomic E-state index is 0.0137. The molecule has 4 aromatic heterocycles. The number of carbonyl (C=O) groups excluding carboxylic acids is 2. The number of likely N-dealkylation sites (tertiary alicyclic amines) is 2. The summed E-state index contributed by atoms with van der Waals surface area (Å²) in [6, 6.07) is 16.5. The van der Waals surface area contributed by atoms with Crippen molar-refractivity contribution in [3.05, 3.63) is 106 Å². The Morgan fingerprint density at radius 2 is 1.81 bits per heavy atom. The summed E-state index contributed by atoms with van der Waals surface area (Å²) < 4.78 is 18.4. The molecule has 6 heterocycles. The molecule has 2 aliphatic rings. The van der Waals surface area contributed by atoms with Crippen LogP contribution in [0.1, 0.15) is 46.1 Å². The summed E-state index contributed by atoms with van der Waals surface area (Å²) in [5.74, 6) is -1.59. The minimum atomic E-state index is -1.15. The van der Waals surface area contributed by atoms with Gasteiger partial charge in [0.25, 0.3) is 11.5 Å². The molecule has 48 heavy (non-hydrogen) atoms. The van der Waals surface area contributed by atoms with Crippen molar-refractivity contribution in [2.24, 2.45) is 13.0 Å². The fraction of sp³-hybridized carbons (Fsp3) is 0.361. The van der Waals surface area contributed by atoms with E-state index in [0.29, 0.717) is 54.8 Å². The zero-order valence-electron chi connectivity index (χ0n) is 26.9. The Kier molecular flexibility index (Phi) is 8.46. The van der Waals surface area contributed by atoms with Crippen LogP contribution < -0.4 is 5.56 Å². The lowest BCUT2D eigenvalue weighted by atomic mass is 9.79. The van der Waals surface area contributed by atoms with Gasteiger partial charge in [0.2, 0.25) is 5.91 Å². The molecule has 0 unspecified atom stereocenters. The number of thiophene rings is 1. The van der Waals surface area contributed by atoms with Crippen LogP contribution in [0.5, 0.6) is 0 Å². The second-order valence-electron chi connectivity index (χ2n) is 13.0. The molecule has 1 N–H and O–H groups in total. The number of fused-ring (bicyclic) bond motifs is 1. The summed E-state index contributed by atoms with van der Waals surface area (Å²) in [5, 5.41) is 12.0. The van der Waals surface area contributed by atoms with Gasteiger partial charge >= 0.3 is 0 Å². The normalized spacial score (nSPS) is 19.5. The summed E-state index contributed by atoms with van der Waals surface area (Å²) >= 11 is 1.13. The third-order valence-electron chi connectivity index (χ3n) is 9.83. The summed E-state index contributed by atoms with van der Waals surface area (Å²) in [7, 11) is 1.83. The van der Waals surface area contributed by atoms with Crippen LogP contribution in [0.2, 0.25) is 0 Å². The average molecular weight is 669 g/mol. The Labute approximate surface area is 281 Å². The number of hydrogen-bond donors (Lipinski definition) is 1. The molecular formula is C36H37FN6O4S. The molecule has 0 saturated carbocycles. The van der Waals surface area contributed by atoms with E-state index in [1.54, 1.807) is 38.9 Å². The molecule has 0 radical (unpaired) electrons. The highest BCUT2D eigenvalue weighted by atomic mass is 32.1. The first-order valence-corrected chi connectivity index (χ1v) is 17.0. The third kappa shape index (κ3) is 6.06. The van der Waals surface area contributed by atoms with Crippen molar-refractivity contribution in [1.82, 2.24) is 28.9 Å². The monoisotopic (exact) mass is 668 g/mol. The lowest BCUT2D eigenvalue weighted by Gasteiger charge is -2.43. The van der Waals surface area contributed by atoms with Crippen molar-refractivity contribution in [3.63, 3.8) is 0 Å². The molecule has 248 valence electrons. The number of nitrogens with zero attached hydrogens (tertiary/aromatic N) is 6. The molecule has 2 saturated heterocycles. The van der Waals surface area contributed by atoms with Crippen LogP contribution in [0, 0.1) is 18.7 Å². The van der Waals surface area contributed by atoms with Crippen LogP contribution in [0.15, 0.2) is 78.1 Å². The SMILES string of the molecule is Cc1cc(-c2cc(F)c(C(=O)N3CC[C@@H](C(=O)N4CCC(O)(Cn5cnc6c(ccn6C)c5=O)CC4)[C@H](c4ccccc4)C3)s2)ccn1. The van der Waals surface area contributed by atoms with Crippen LogP contribution in [-0.2, 0) is 18.4 Å². The fourth-order valence-corrected chi connectivity index (χ4v) is 8.12. The number of piperidine rings is 2. The topological polar surface area (TPSA) is 114 Å². The molecule has 0 bridgehead atoms. The van der Waals surface area contributed by atoms with Gasteiger partial charge in [0.05, 0.1) is 17.5 Å². The van der Waals surface area contributed by atoms with E-state index >= 15 is 4.39 Å². The van der Waals surface area contributed by atoms with E-state index in [2.05, 4.69) is 9.97 Å². The number of hydrogen-bond acceptors (Lipinski definition) is 7. The summed E-state index contributed by atoms with van der Waals surface area (Å²) in [6.45, 7) is 3.28. The van der Waals surface area contributed by atoms with Gasteiger partial charge in [0.15, 0.2) is 0 Å². The molecule has 1 aromatic carbocycles. The van der Waals surface area contributed by atoms with Gasteiger partial charge in [0.1, 0.15) is 22.7 Å². The van der Waals surface area contributed by atoms with E-state index < -0.39 is 11.4 Å². The molecule has 5 aromatic rings. The molecular weight excluding hydrogens is 631 g/mol. The zero-order chi connectivity index (χ0) is 33.6. The smallest absolute Gasteiger partial charge is 0.266 e. The number of carbonyl (C=O) groups is 2. The average Bonchev–Trinajstić information content (AvgIpc) is 3.68. The Hall–Kier alpha value is -4.68. The number of rotatable bonds is 6. The molecule has 0 spiro atoms. The van der Waals surface area contributed by atoms with Crippen LogP contribution in [0.4, 0.5) is 4.39 Å². The van der Waals surface area contributed by atoms with E-state index in [-0.39, 0.29) is 47.2 Å². The fourth-order valence-electron chi connectivity index (χ4n) is 7.12. The maximum atomic E-state index is 15.2. The first-order valence-electron chi connectivity index (χ1n) is 16.2. The largest absolute Gasteiger partial charge is 0.388 e. The van der Waals surface area contributed by atoms with Gasteiger partial charge in [-0.15, -0.1) is 11.3 Å². The molecule has 2 atom stereocenters. The van der Waals surface area contributed by atoms with Crippen molar-refractivity contribution < 1.29 is 19.1 Å². The molecule has 7 rings (SSSR count). The van der Waals surface area contributed by atoms with Crippen LogP contribution >= 0.6 is 11.3 Å². The molecule has 10 nitrogen and oxygen atoms in total. The van der Waals surface area contributed by atoms with Gasteiger partial charge in [-0.1, -0.05) is 30.3 Å². The van der Waals surface area contributed by atoms with Crippen molar-refractivity contribution in [2.75, 3.05) is 26.2 Å². The Morgan fingerprint density at radius 3 is 2.56 bits per heavy atom. The highest BCUT2D eigenvalue weighted by Gasteiger charge is 2.42.